The maximum absolute atomic E-state index is 5.66. The Balaban J connectivity index is 2.23. The molecule has 2 rings (SSSR count). The van der Waals surface area contributed by atoms with Gasteiger partial charge >= 0.3 is 0 Å². The van der Waals surface area contributed by atoms with Crippen molar-refractivity contribution in [2.24, 2.45) is 0 Å². The van der Waals surface area contributed by atoms with E-state index < -0.39 is 0 Å². The van der Waals surface area contributed by atoms with Crippen LogP contribution in [-0.4, -0.2) is 17.2 Å². The normalized spacial score (nSPS) is 10.2. The Morgan fingerprint density at radius 1 is 1.06 bits per heavy atom. The van der Waals surface area contributed by atoms with Gasteiger partial charge in [-0.15, -0.1) is 5.10 Å². The molecule has 0 atom stereocenters. The van der Waals surface area contributed by atoms with Gasteiger partial charge in [-0.05, 0) is 42.8 Å². The molecule has 4 heteroatoms. The molecule has 88 valence electrons. The summed E-state index contributed by atoms with van der Waals surface area (Å²) < 4.78 is 0. The molecule has 0 aliphatic carbocycles. The van der Waals surface area contributed by atoms with Crippen LogP contribution in [0.1, 0.15) is 12.6 Å². The highest BCUT2D eigenvalue weighted by Crippen LogP contribution is 2.21. The first-order chi connectivity index (χ1) is 8.20. The summed E-state index contributed by atoms with van der Waals surface area (Å²) in [5, 5.41) is 8.34. The first kappa shape index (κ1) is 11.4. The highest BCUT2D eigenvalue weighted by molar-refractivity contribution is 5.61. The quantitative estimate of drug-likeness (QED) is 0.819. The predicted octanol–water partition coefficient (Wildman–Crippen LogP) is 2.39. The summed E-state index contributed by atoms with van der Waals surface area (Å²) in [6.45, 7) is 2.06. The summed E-state index contributed by atoms with van der Waals surface area (Å²) in [5.74, 6) is 0.826. The van der Waals surface area contributed by atoms with Gasteiger partial charge < -0.3 is 10.6 Å². The van der Waals surface area contributed by atoms with Crippen LogP contribution in [0.15, 0.2) is 36.4 Å². The number of nitrogens with two attached hydrogens (primary N) is 1. The molecular formula is C13H16N4. The van der Waals surface area contributed by atoms with Gasteiger partial charge in [-0.3, -0.25) is 0 Å². The topological polar surface area (TPSA) is 55.0 Å². The highest BCUT2D eigenvalue weighted by Gasteiger charge is 2.05. The molecule has 0 aliphatic heterocycles. The standard InChI is InChI=1S/C13H16N4/c1-3-11-6-9-13(16-15-11)17(2)12-7-4-10(14)5-8-12/h4-9H,3,14H2,1-2H3. The molecule has 1 heterocycles. The van der Waals surface area contributed by atoms with Crippen LogP contribution < -0.4 is 10.6 Å². The lowest BCUT2D eigenvalue weighted by Gasteiger charge is -2.17. The second-order valence-electron chi connectivity index (χ2n) is 3.89. The van der Waals surface area contributed by atoms with Gasteiger partial charge in [-0.25, -0.2) is 0 Å². The third kappa shape index (κ3) is 2.53. The second-order valence-corrected chi connectivity index (χ2v) is 3.89. The number of anilines is 3. The minimum Gasteiger partial charge on any atom is -0.399 e. The van der Waals surface area contributed by atoms with E-state index in [1.54, 1.807) is 0 Å². The van der Waals surface area contributed by atoms with Gasteiger partial charge in [-0.2, -0.15) is 5.10 Å². The van der Waals surface area contributed by atoms with Crippen LogP contribution in [0.3, 0.4) is 0 Å². The van der Waals surface area contributed by atoms with Crippen molar-refractivity contribution in [3.05, 3.63) is 42.1 Å². The third-order valence-electron chi connectivity index (χ3n) is 2.69. The average molecular weight is 228 g/mol. The first-order valence-corrected chi connectivity index (χ1v) is 5.62. The number of hydrogen-bond acceptors (Lipinski definition) is 4. The number of nitrogens with zero attached hydrogens (tertiary/aromatic N) is 3. The van der Waals surface area contributed by atoms with Gasteiger partial charge in [0.25, 0.3) is 0 Å². The van der Waals surface area contributed by atoms with Crippen LogP contribution in [0, 0.1) is 0 Å². The van der Waals surface area contributed by atoms with E-state index in [1.807, 2.05) is 48.3 Å². The van der Waals surface area contributed by atoms with Gasteiger partial charge in [0, 0.05) is 18.4 Å². The molecule has 1 aromatic heterocycles. The van der Waals surface area contributed by atoms with E-state index in [0.717, 1.165) is 29.3 Å². The largest absolute Gasteiger partial charge is 0.399 e. The molecule has 2 N–H and O–H groups in total. The number of rotatable bonds is 3. The van der Waals surface area contributed by atoms with Crippen LogP contribution in [0.25, 0.3) is 0 Å². The Morgan fingerprint density at radius 3 is 2.29 bits per heavy atom. The summed E-state index contributed by atoms with van der Waals surface area (Å²) in [4.78, 5) is 1.98. The molecular weight excluding hydrogens is 212 g/mol. The zero-order valence-corrected chi connectivity index (χ0v) is 10.1. The molecule has 4 nitrogen and oxygen atoms in total. The molecule has 0 saturated heterocycles. The van der Waals surface area contributed by atoms with Gasteiger partial charge in [0.2, 0.25) is 0 Å². The van der Waals surface area contributed by atoms with Crippen LogP contribution >= 0.6 is 0 Å². The maximum atomic E-state index is 5.66. The van der Waals surface area contributed by atoms with Crippen molar-refractivity contribution in [2.45, 2.75) is 13.3 Å². The van der Waals surface area contributed by atoms with E-state index >= 15 is 0 Å². The number of nitrogen functional groups attached to an aromatic ring is 1. The Morgan fingerprint density at radius 2 is 1.76 bits per heavy atom. The Labute approximate surface area is 101 Å². The van der Waals surface area contributed by atoms with Crippen LogP contribution in [0.5, 0.6) is 0 Å². The van der Waals surface area contributed by atoms with Crippen LogP contribution in [0.4, 0.5) is 17.2 Å². The van der Waals surface area contributed by atoms with Crippen molar-refractivity contribution in [1.29, 1.82) is 0 Å². The van der Waals surface area contributed by atoms with Crippen molar-refractivity contribution in [2.75, 3.05) is 17.7 Å². The Hall–Kier alpha value is -2.10. The van der Waals surface area contributed by atoms with Gasteiger partial charge in [0.1, 0.15) is 0 Å². The molecule has 0 radical (unpaired) electrons. The Kier molecular flexibility index (Phi) is 3.23. The lowest BCUT2D eigenvalue weighted by molar-refractivity contribution is 0.904. The fourth-order valence-electron chi connectivity index (χ4n) is 1.55. The van der Waals surface area contributed by atoms with Crippen molar-refractivity contribution in [1.82, 2.24) is 10.2 Å². The summed E-state index contributed by atoms with van der Waals surface area (Å²) in [7, 11) is 1.96. The zero-order valence-electron chi connectivity index (χ0n) is 10.1. The van der Waals surface area contributed by atoms with Gasteiger partial charge in [-0.1, -0.05) is 6.92 Å². The molecule has 0 fully saturated rings. The SMILES string of the molecule is CCc1ccc(N(C)c2ccc(N)cc2)nn1. The summed E-state index contributed by atoms with van der Waals surface area (Å²) in [6.07, 6.45) is 0.902. The molecule has 1 aromatic carbocycles. The fourth-order valence-corrected chi connectivity index (χ4v) is 1.55. The molecule has 0 unspecified atom stereocenters. The molecule has 0 bridgehead atoms. The lowest BCUT2D eigenvalue weighted by atomic mass is 10.2. The van der Waals surface area contributed by atoms with Crippen molar-refractivity contribution in [3.63, 3.8) is 0 Å². The third-order valence-corrected chi connectivity index (χ3v) is 2.69. The molecule has 17 heavy (non-hydrogen) atoms. The van der Waals surface area contributed by atoms with Gasteiger partial charge in [0.15, 0.2) is 5.82 Å². The predicted molar refractivity (Wildman–Crippen MR) is 70.3 cm³/mol. The Bertz CT molecular complexity index is 476. The van der Waals surface area contributed by atoms with E-state index in [-0.39, 0.29) is 0 Å². The molecule has 0 spiro atoms. The van der Waals surface area contributed by atoms with Gasteiger partial charge in [0.05, 0.1) is 5.69 Å². The minimum atomic E-state index is 0.759. The summed E-state index contributed by atoms with van der Waals surface area (Å²) in [6, 6.07) is 11.6. The van der Waals surface area contributed by atoms with E-state index in [2.05, 4.69) is 17.1 Å². The monoisotopic (exact) mass is 228 g/mol. The number of benzene rings is 1. The van der Waals surface area contributed by atoms with E-state index in [1.165, 1.54) is 0 Å². The highest BCUT2D eigenvalue weighted by atomic mass is 15.2. The van der Waals surface area contributed by atoms with Crippen molar-refractivity contribution >= 4 is 17.2 Å². The van der Waals surface area contributed by atoms with Crippen molar-refractivity contribution < 1.29 is 0 Å². The van der Waals surface area contributed by atoms with Crippen molar-refractivity contribution in [3.8, 4) is 0 Å². The molecule has 0 aliphatic rings. The number of aryl methyl sites for hydroxylation is 1. The summed E-state index contributed by atoms with van der Waals surface area (Å²) >= 11 is 0. The van der Waals surface area contributed by atoms with E-state index in [4.69, 9.17) is 5.73 Å². The van der Waals surface area contributed by atoms with Crippen LogP contribution in [0.2, 0.25) is 0 Å². The number of aromatic nitrogens is 2. The molecule has 0 amide bonds. The summed E-state index contributed by atoms with van der Waals surface area (Å²) in [5.41, 5.74) is 8.45. The molecule has 2 aromatic rings. The van der Waals surface area contributed by atoms with E-state index in [9.17, 15) is 0 Å². The first-order valence-electron chi connectivity index (χ1n) is 5.62. The van der Waals surface area contributed by atoms with E-state index in [0.29, 0.717) is 0 Å². The maximum Gasteiger partial charge on any atom is 0.155 e. The average Bonchev–Trinajstić information content (AvgIpc) is 2.39. The zero-order chi connectivity index (χ0) is 12.3. The smallest absolute Gasteiger partial charge is 0.155 e. The molecule has 0 saturated carbocycles. The fraction of sp³-hybridized carbons (Fsp3) is 0.231. The lowest BCUT2D eigenvalue weighted by Crippen LogP contribution is -2.12. The second kappa shape index (κ2) is 4.82. The van der Waals surface area contributed by atoms with Crippen LogP contribution in [-0.2, 0) is 6.42 Å². The number of hydrogen-bond donors (Lipinski definition) is 1. The minimum absolute atomic E-state index is 0.759.